The Morgan fingerprint density at radius 1 is 0.968 bits per heavy atom. The van der Waals surface area contributed by atoms with Crippen molar-refractivity contribution in [2.24, 2.45) is 0 Å². The van der Waals surface area contributed by atoms with E-state index in [-0.39, 0.29) is 18.1 Å². The molecule has 7 nitrogen and oxygen atoms in total. The van der Waals surface area contributed by atoms with E-state index in [9.17, 15) is 4.79 Å². The van der Waals surface area contributed by atoms with Gasteiger partial charge in [-0.1, -0.05) is 18.2 Å². The van der Waals surface area contributed by atoms with Gasteiger partial charge in [0.1, 0.15) is 11.9 Å². The van der Waals surface area contributed by atoms with Crippen LogP contribution in [0, 0.1) is 0 Å². The molecule has 3 heterocycles. The van der Waals surface area contributed by atoms with Crippen LogP contribution in [0.1, 0.15) is 30.1 Å². The van der Waals surface area contributed by atoms with Crippen LogP contribution >= 0.6 is 0 Å². The summed E-state index contributed by atoms with van der Waals surface area (Å²) in [4.78, 5) is 21.3. The van der Waals surface area contributed by atoms with Crippen molar-refractivity contribution in [2.45, 2.75) is 31.9 Å². The highest BCUT2D eigenvalue weighted by Gasteiger charge is 2.32. The first kappa shape index (κ1) is 19.2. The molecule has 2 aromatic carbocycles. The smallest absolute Gasteiger partial charge is 0.256 e. The predicted molar refractivity (Wildman–Crippen MR) is 117 cm³/mol. The maximum Gasteiger partial charge on any atom is 0.256 e. The lowest BCUT2D eigenvalue weighted by Crippen LogP contribution is -2.49. The van der Waals surface area contributed by atoms with Crippen LogP contribution in [-0.2, 0) is 0 Å². The van der Waals surface area contributed by atoms with Crippen LogP contribution in [0.25, 0.3) is 16.6 Å². The third-order valence-electron chi connectivity index (χ3n) is 5.77. The predicted octanol–water partition coefficient (Wildman–Crippen LogP) is 3.89. The van der Waals surface area contributed by atoms with Gasteiger partial charge < -0.3 is 9.64 Å². The van der Waals surface area contributed by atoms with Crippen molar-refractivity contribution in [2.75, 3.05) is 6.54 Å². The Hall–Kier alpha value is -3.74. The first-order chi connectivity index (χ1) is 15.2. The molecule has 0 unspecified atom stereocenters. The monoisotopic (exact) mass is 413 g/mol. The van der Waals surface area contributed by atoms with Crippen molar-refractivity contribution < 1.29 is 9.53 Å². The fraction of sp³-hybridized carbons (Fsp3) is 0.250. The quantitative estimate of drug-likeness (QED) is 0.508. The Labute approximate surface area is 180 Å². The minimum absolute atomic E-state index is 0.0340. The second-order valence-corrected chi connectivity index (χ2v) is 7.79. The summed E-state index contributed by atoms with van der Waals surface area (Å²) < 4.78 is 6.37. The van der Waals surface area contributed by atoms with Crippen molar-refractivity contribution in [3.63, 3.8) is 0 Å². The molecule has 156 valence electrons. The van der Waals surface area contributed by atoms with Crippen LogP contribution in [-0.4, -0.2) is 49.5 Å². The number of likely N-dealkylation sites (tertiary alicyclic amines) is 1. The van der Waals surface area contributed by atoms with Crippen LogP contribution in [0.15, 0.2) is 73.2 Å². The molecule has 0 N–H and O–H groups in total. The van der Waals surface area contributed by atoms with E-state index in [1.165, 1.54) is 4.80 Å². The zero-order valence-corrected chi connectivity index (χ0v) is 17.3. The van der Waals surface area contributed by atoms with E-state index in [0.717, 1.165) is 29.5 Å². The maximum absolute atomic E-state index is 13.5. The zero-order valence-electron chi connectivity index (χ0n) is 17.3. The van der Waals surface area contributed by atoms with Crippen LogP contribution in [0.4, 0.5) is 0 Å². The Morgan fingerprint density at radius 3 is 2.68 bits per heavy atom. The standard InChI is InChI=1S/C24H23N5O2/c1-17-11-12-18(31-23-10-4-8-21-19(23)7-5-13-25-21)16-28(17)24(30)20-6-2-3-9-22(20)29-26-14-15-27-29/h2-10,13-15,17-18H,11-12,16H2,1H3/t17-,18+/m1/s1. The van der Waals surface area contributed by atoms with Gasteiger partial charge in [0, 0.05) is 17.6 Å². The lowest BCUT2D eigenvalue weighted by atomic mass is 9.99. The van der Waals surface area contributed by atoms with Gasteiger partial charge in [-0.15, -0.1) is 0 Å². The molecule has 1 fully saturated rings. The third kappa shape index (κ3) is 3.74. The highest BCUT2D eigenvalue weighted by atomic mass is 16.5. The summed E-state index contributed by atoms with van der Waals surface area (Å²) in [5, 5.41) is 9.38. The SMILES string of the molecule is C[C@@H]1CC[C@H](Oc2cccc3ncccc23)CN1C(=O)c1ccccc1-n1nccn1. The number of fused-ring (bicyclic) bond motifs is 1. The number of ether oxygens (including phenoxy) is 1. The molecule has 0 bridgehead atoms. The van der Waals surface area contributed by atoms with Gasteiger partial charge in [-0.25, -0.2) is 0 Å². The Balaban J connectivity index is 1.40. The molecule has 4 aromatic rings. The van der Waals surface area contributed by atoms with Crippen molar-refractivity contribution in [1.29, 1.82) is 0 Å². The molecule has 0 spiro atoms. The van der Waals surface area contributed by atoms with Crippen molar-refractivity contribution in [3.8, 4) is 11.4 Å². The van der Waals surface area contributed by atoms with Crippen molar-refractivity contribution in [1.82, 2.24) is 24.9 Å². The molecule has 0 aliphatic carbocycles. The minimum atomic E-state index is -0.0825. The molecule has 2 aromatic heterocycles. The number of nitrogens with zero attached hydrogens (tertiary/aromatic N) is 5. The lowest BCUT2D eigenvalue weighted by Gasteiger charge is -2.38. The normalized spacial score (nSPS) is 18.8. The average Bonchev–Trinajstić information content (AvgIpc) is 3.35. The molecule has 0 radical (unpaired) electrons. The number of pyridine rings is 1. The molecule has 2 atom stereocenters. The van der Waals surface area contributed by atoms with Gasteiger partial charge >= 0.3 is 0 Å². The largest absolute Gasteiger partial charge is 0.488 e. The first-order valence-corrected chi connectivity index (χ1v) is 10.5. The summed E-state index contributed by atoms with van der Waals surface area (Å²) in [7, 11) is 0. The highest BCUT2D eigenvalue weighted by molar-refractivity contribution is 5.98. The van der Waals surface area contributed by atoms with E-state index in [4.69, 9.17) is 4.74 Å². The van der Waals surface area contributed by atoms with E-state index in [0.29, 0.717) is 17.8 Å². The molecule has 1 amide bonds. The summed E-state index contributed by atoms with van der Waals surface area (Å²) in [6.07, 6.45) is 6.68. The molecular weight excluding hydrogens is 390 g/mol. The average molecular weight is 413 g/mol. The third-order valence-corrected chi connectivity index (χ3v) is 5.77. The topological polar surface area (TPSA) is 73.1 Å². The molecule has 1 aliphatic rings. The molecule has 1 saturated heterocycles. The van der Waals surface area contributed by atoms with Crippen LogP contribution in [0.2, 0.25) is 0 Å². The van der Waals surface area contributed by atoms with E-state index >= 15 is 0 Å². The van der Waals surface area contributed by atoms with Crippen LogP contribution in [0.5, 0.6) is 5.75 Å². The van der Waals surface area contributed by atoms with E-state index < -0.39 is 0 Å². The summed E-state index contributed by atoms with van der Waals surface area (Å²) in [6.45, 7) is 2.61. The van der Waals surface area contributed by atoms with Gasteiger partial charge in [0.2, 0.25) is 0 Å². The maximum atomic E-state index is 13.5. The summed E-state index contributed by atoms with van der Waals surface area (Å²) in [6, 6.07) is 17.4. The second-order valence-electron chi connectivity index (χ2n) is 7.79. The fourth-order valence-corrected chi connectivity index (χ4v) is 4.13. The van der Waals surface area contributed by atoms with Gasteiger partial charge in [-0.3, -0.25) is 9.78 Å². The number of benzene rings is 2. The number of carbonyl (C=O) groups is 1. The number of piperidine rings is 1. The lowest BCUT2D eigenvalue weighted by molar-refractivity contribution is 0.0388. The number of hydrogen-bond donors (Lipinski definition) is 0. The van der Waals surface area contributed by atoms with Gasteiger partial charge in [-0.2, -0.15) is 15.0 Å². The number of aromatic nitrogens is 4. The molecule has 7 heteroatoms. The number of para-hydroxylation sites is 1. The van der Waals surface area contributed by atoms with Gasteiger partial charge in [0.15, 0.2) is 0 Å². The number of carbonyl (C=O) groups excluding carboxylic acids is 1. The minimum Gasteiger partial charge on any atom is -0.488 e. The highest BCUT2D eigenvalue weighted by Crippen LogP contribution is 2.29. The molecule has 31 heavy (non-hydrogen) atoms. The fourth-order valence-electron chi connectivity index (χ4n) is 4.13. The Kier molecular flexibility index (Phi) is 5.08. The summed E-state index contributed by atoms with van der Waals surface area (Å²) in [5.41, 5.74) is 2.16. The number of rotatable bonds is 4. The van der Waals surface area contributed by atoms with Crippen molar-refractivity contribution in [3.05, 3.63) is 78.8 Å². The van der Waals surface area contributed by atoms with E-state index in [2.05, 4.69) is 22.1 Å². The van der Waals surface area contributed by atoms with Gasteiger partial charge in [-0.05, 0) is 56.2 Å². The summed E-state index contributed by atoms with van der Waals surface area (Å²) >= 11 is 0. The number of amides is 1. The zero-order chi connectivity index (χ0) is 21.2. The van der Waals surface area contributed by atoms with E-state index in [1.54, 1.807) is 18.6 Å². The van der Waals surface area contributed by atoms with Crippen molar-refractivity contribution >= 4 is 16.8 Å². The molecule has 5 rings (SSSR count). The molecule has 1 aliphatic heterocycles. The van der Waals surface area contributed by atoms with Crippen LogP contribution < -0.4 is 4.74 Å². The van der Waals surface area contributed by atoms with Gasteiger partial charge in [0.25, 0.3) is 5.91 Å². The Bertz CT molecular complexity index is 1200. The van der Waals surface area contributed by atoms with Gasteiger partial charge in [0.05, 0.1) is 35.7 Å². The second kappa shape index (κ2) is 8.18. The van der Waals surface area contributed by atoms with Crippen LogP contribution in [0.3, 0.4) is 0 Å². The Morgan fingerprint density at radius 2 is 1.81 bits per heavy atom. The summed E-state index contributed by atoms with van der Waals surface area (Å²) in [5.74, 6) is 0.770. The van der Waals surface area contributed by atoms with E-state index in [1.807, 2.05) is 59.5 Å². The molecular formula is C24H23N5O2. The number of hydrogen-bond acceptors (Lipinski definition) is 5. The molecule has 0 saturated carbocycles. The first-order valence-electron chi connectivity index (χ1n) is 10.5.